The van der Waals surface area contributed by atoms with Crippen LogP contribution in [-0.2, 0) is 6.42 Å². The molecule has 2 aromatic rings. The van der Waals surface area contributed by atoms with Crippen molar-refractivity contribution in [3.8, 4) is 17.3 Å². The van der Waals surface area contributed by atoms with Gasteiger partial charge in [-0.05, 0) is 23.8 Å². The SMILES string of the molecule is N#CCc1ccc(-c2cc(Cl)c(Cl)cc2Cl)nc1. The number of aromatic nitrogens is 1. The second-order valence-corrected chi connectivity index (χ2v) is 4.85. The monoisotopic (exact) mass is 296 g/mol. The molecule has 0 N–H and O–H groups in total. The van der Waals surface area contributed by atoms with Crippen molar-refractivity contribution in [3.05, 3.63) is 51.1 Å². The van der Waals surface area contributed by atoms with Crippen molar-refractivity contribution in [2.24, 2.45) is 0 Å². The van der Waals surface area contributed by atoms with Gasteiger partial charge in [0.1, 0.15) is 0 Å². The van der Waals surface area contributed by atoms with Crippen LogP contribution in [0.1, 0.15) is 5.56 Å². The van der Waals surface area contributed by atoms with Crippen molar-refractivity contribution in [3.63, 3.8) is 0 Å². The molecule has 0 aliphatic heterocycles. The van der Waals surface area contributed by atoms with Gasteiger partial charge in [0.25, 0.3) is 0 Å². The molecule has 1 aromatic carbocycles. The van der Waals surface area contributed by atoms with Gasteiger partial charge in [-0.3, -0.25) is 4.98 Å². The largest absolute Gasteiger partial charge is 0.256 e. The molecule has 0 amide bonds. The Labute approximate surface area is 120 Å². The van der Waals surface area contributed by atoms with Crippen molar-refractivity contribution in [1.82, 2.24) is 4.98 Å². The number of rotatable bonds is 2. The van der Waals surface area contributed by atoms with E-state index in [1.807, 2.05) is 6.07 Å². The van der Waals surface area contributed by atoms with Gasteiger partial charge in [0.2, 0.25) is 0 Å². The average molecular weight is 298 g/mol. The van der Waals surface area contributed by atoms with Gasteiger partial charge in [-0.15, -0.1) is 0 Å². The number of nitriles is 1. The van der Waals surface area contributed by atoms with Crippen LogP contribution in [0, 0.1) is 11.3 Å². The first-order chi connectivity index (χ1) is 8.61. The molecule has 1 heterocycles. The first-order valence-electron chi connectivity index (χ1n) is 5.08. The maximum atomic E-state index is 8.59. The van der Waals surface area contributed by atoms with Gasteiger partial charge in [0.05, 0.1) is 33.3 Å². The van der Waals surface area contributed by atoms with Crippen molar-refractivity contribution >= 4 is 34.8 Å². The van der Waals surface area contributed by atoms with E-state index >= 15 is 0 Å². The van der Waals surface area contributed by atoms with Gasteiger partial charge in [-0.2, -0.15) is 5.26 Å². The molecule has 0 bridgehead atoms. The van der Waals surface area contributed by atoms with Crippen LogP contribution in [0.25, 0.3) is 11.3 Å². The molecule has 0 saturated heterocycles. The van der Waals surface area contributed by atoms with E-state index in [1.54, 1.807) is 24.4 Å². The fourth-order valence-electron chi connectivity index (χ4n) is 1.50. The summed E-state index contributed by atoms with van der Waals surface area (Å²) in [6, 6.07) is 8.98. The molecule has 0 aliphatic carbocycles. The molecule has 0 unspecified atom stereocenters. The van der Waals surface area contributed by atoms with Crippen LogP contribution in [0.5, 0.6) is 0 Å². The van der Waals surface area contributed by atoms with Crippen LogP contribution in [0.3, 0.4) is 0 Å². The molecule has 5 heteroatoms. The van der Waals surface area contributed by atoms with Crippen molar-refractivity contribution in [2.45, 2.75) is 6.42 Å². The van der Waals surface area contributed by atoms with Crippen LogP contribution < -0.4 is 0 Å². The van der Waals surface area contributed by atoms with E-state index in [0.717, 1.165) is 11.1 Å². The number of nitrogens with zero attached hydrogens (tertiary/aromatic N) is 2. The number of hydrogen-bond acceptors (Lipinski definition) is 2. The van der Waals surface area contributed by atoms with Gasteiger partial charge in [0, 0.05) is 11.8 Å². The molecule has 0 radical (unpaired) electrons. The highest BCUT2D eigenvalue weighted by Crippen LogP contribution is 2.34. The molecule has 0 fully saturated rings. The van der Waals surface area contributed by atoms with Gasteiger partial charge < -0.3 is 0 Å². The summed E-state index contributed by atoms with van der Waals surface area (Å²) in [7, 11) is 0. The number of pyridine rings is 1. The van der Waals surface area contributed by atoms with Crippen LogP contribution in [0.2, 0.25) is 15.1 Å². The first kappa shape index (κ1) is 13.2. The Balaban J connectivity index is 2.43. The minimum absolute atomic E-state index is 0.336. The van der Waals surface area contributed by atoms with Crippen LogP contribution in [0.4, 0.5) is 0 Å². The lowest BCUT2D eigenvalue weighted by molar-refractivity contribution is 1.19. The number of halogens is 3. The Morgan fingerprint density at radius 3 is 2.39 bits per heavy atom. The highest BCUT2D eigenvalue weighted by atomic mass is 35.5. The van der Waals surface area contributed by atoms with Crippen molar-refractivity contribution < 1.29 is 0 Å². The van der Waals surface area contributed by atoms with E-state index in [9.17, 15) is 0 Å². The lowest BCUT2D eigenvalue weighted by Gasteiger charge is -2.06. The summed E-state index contributed by atoms with van der Waals surface area (Å²) in [6.07, 6.45) is 1.99. The molecule has 0 aliphatic rings. The van der Waals surface area contributed by atoms with Crippen LogP contribution in [-0.4, -0.2) is 4.98 Å². The second-order valence-electron chi connectivity index (χ2n) is 3.63. The Morgan fingerprint density at radius 1 is 1.06 bits per heavy atom. The fraction of sp³-hybridized carbons (Fsp3) is 0.0769. The van der Waals surface area contributed by atoms with Crippen molar-refractivity contribution in [1.29, 1.82) is 5.26 Å². The molecular weight excluding hydrogens is 291 g/mol. The summed E-state index contributed by atoms with van der Waals surface area (Å²) in [4.78, 5) is 4.26. The topological polar surface area (TPSA) is 36.7 Å². The predicted octanol–water partition coefficient (Wildman–Crippen LogP) is 4.77. The maximum Gasteiger partial charge on any atom is 0.0717 e. The summed E-state index contributed by atoms with van der Waals surface area (Å²) in [5.74, 6) is 0. The summed E-state index contributed by atoms with van der Waals surface area (Å²) >= 11 is 17.9. The second kappa shape index (κ2) is 5.58. The van der Waals surface area contributed by atoms with E-state index in [4.69, 9.17) is 40.1 Å². The number of hydrogen-bond donors (Lipinski definition) is 0. The smallest absolute Gasteiger partial charge is 0.0717 e. The zero-order valence-electron chi connectivity index (χ0n) is 9.12. The quantitative estimate of drug-likeness (QED) is 0.748. The molecule has 0 spiro atoms. The first-order valence-corrected chi connectivity index (χ1v) is 6.22. The summed E-state index contributed by atoms with van der Waals surface area (Å²) < 4.78 is 0. The molecule has 1 aromatic heterocycles. The molecule has 18 heavy (non-hydrogen) atoms. The minimum atomic E-state index is 0.336. The normalized spacial score (nSPS) is 10.1. The molecule has 2 rings (SSSR count). The molecule has 0 saturated carbocycles. The van der Waals surface area contributed by atoms with Crippen molar-refractivity contribution in [2.75, 3.05) is 0 Å². The number of benzene rings is 1. The Morgan fingerprint density at radius 2 is 1.78 bits per heavy atom. The molecule has 90 valence electrons. The third kappa shape index (κ3) is 2.76. The van der Waals surface area contributed by atoms with E-state index in [2.05, 4.69) is 11.1 Å². The fourth-order valence-corrected chi connectivity index (χ4v) is 2.14. The van der Waals surface area contributed by atoms with E-state index in [-0.39, 0.29) is 0 Å². The average Bonchev–Trinajstić information content (AvgIpc) is 2.35. The standard InChI is InChI=1S/C13H7Cl3N2/c14-10-6-12(16)11(15)5-9(10)13-2-1-8(3-4-17)7-18-13/h1-2,5-7H,3H2. The lowest BCUT2D eigenvalue weighted by atomic mass is 10.1. The zero-order chi connectivity index (χ0) is 13.1. The van der Waals surface area contributed by atoms with Gasteiger partial charge in [-0.25, -0.2) is 0 Å². The third-order valence-electron chi connectivity index (χ3n) is 2.39. The Hall–Kier alpha value is -1.27. The Bertz CT molecular complexity index is 615. The van der Waals surface area contributed by atoms with Gasteiger partial charge in [-0.1, -0.05) is 40.9 Å². The molecule has 0 atom stereocenters. The highest BCUT2D eigenvalue weighted by Gasteiger charge is 2.09. The molecular formula is C13H7Cl3N2. The Kier molecular flexibility index (Phi) is 4.08. The van der Waals surface area contributed by atoms with E-state index in [1.165, 1.54) is 0 Å². The highest BCUT2D eigenvalue weighted by molar-refractivity contribution is 6.44. The lowest BCUT2D eigenvalue weighted by Crippen LogP contribution is -1.88. The van der Waals surface area contributed by atoms with Gasteiger partial charge >= 0.3 is 0 Å². The summed E-state index contributed by atoms with van der Waals surface area (Å²) in [6.45, 7) is 0. The van der Waals surface area contributed by atoms with Gasteiger partial charge in [0.15, 0.2) is 0 Å². The van der Waals surface area contributed by atoms with Crippen LogP contribution >= 0.6 is 34.8 Å². The summed E-state index contributed by atoms with van der Waals surface area (Å²) in [5, 5.41) is 9.92. The van der Waals surface area contributed by atoms with E-state index in [0.29, 0.717) is 27.2 Å². The summed E-state index contributed by atoms with van der Waals surface area (Å²) in [5.41, 5.74) is 2.27. The van der Waals surface area contributed by atoms with Crippen LogP contribution in [0.15, 0.2) is 30.5 Å². The molecule has 2 nitrogen and oxygen atoms in total. The minimum Gasteiger partial charge on any atom is -0.256 e. The zero-order valence-corrected chi connectivity index (χ0v) is 11.4. The predicted molar refractivity (Wildman–Crippen MR) is 74.0 cm³/mol. The van der Waals surface area contributed by atoms with E-state index < -0.39 is 0 Å². The third-order valence-corrected chi connectivity index (χ3v) is 3.43. The maximum absolute atomic E-state index is 8.59.